The van der Waals surface area contributed by atoms with Crippen molar-refractivity contribution in [3.8, 4) is 0 Å². The molecule has 5 rings (SSSR count). The summed E-state index contributed by atoms with van der Waals surface area (Å²) in [5.41, 5.74) is 3.33. The minimum atomic E-state index is -0.315. The molecule has 2 heterocycles. The van der Waals surface area contributed by atoms with Crippen molar-refractivity contribution in [2.45, 2.75) is 43.7 Å². The van der Waals surface area contributed by atoms with Gasteiger partial charge in [0.05, 0.1) is 6.04 Å². The second-order valence-corrected chi connectivity index (χ2v) is 11.8. The summed E-state index contributed by atoms with van der Waals surface area (Å²) in [7, 11) is 0. The highest BCUT2D eigenvalue weighted by atomic mass is 35.5. The van der Waals surface area contributed by atoms with Crippen LogP contribution in [0.3, 0.4) is 0 Å². The first kappa shape index (κ1) is 30.0. The summed E-state index contributed by atoms with van der Waals surface area (Å²) in [6, 6.07) is 28.0. The molecular weight excluding hydrogens is 544 g/mol. The van der Waals surface area contributed by atoms with E-state index in [1.54, 1.807) is 24.3 Å². The first-order valence-corrected chi connectivity index (χ1v) is 15.5. The number of hydrogen-bond donors (Lipinski definition) is 2. The molecule has 2 aliphatic heterocycles. The van der Waals surface area contributed by atoms with Crippen molar-refractivity contribution >= 4 is 29.5 Å². The minimum Gasteiger partial charge on any atom is -0.351 e. The van der Waals surface area contributed by atoms with Crippen LogP contribution in [-0.4, -0.2) is 73.0 Å². The van der Waals surface area contributed by atoms with Crippen molar-refractivity contribution in [2.75, 3.05) is 39.3 Å². The quantitative estimate of drug-likeness (QED) is 0.316. The Hall–Kier alpha value is -3.45. The molecule has 2 amide bonds. The standard InChI is InChI=1S/C35H41ClN4O2/c36-30-17-14-27(15-18-30)16-19-34(41)37-24-31-20-23-40(35(42)33(38-31)26-39-21-8-3-9-22-39)25-32(28-10-4-1-5-11-28)29-12-6-2-7-13-29/h1-2,4-7,10-19,31-33,38H,3,8-9,20-26H2,(H,37,41). The largest absolute Gasteiger partial charge is 0.351 e. The van der Waals surface area contributed by atoms with Crippen molar-refractivity contribution in [2.24, 2.45) is 0 Å². The third-order valence-electron chi connectivity index (χ3n) is 8.31. The van der Waals surface area contributed by atoms with Crippen LogP contribution in [-0.2, 0) is 9.59 Å². The maximum Gasteiger partial charge on any atom is 0.244 e. The predicted octanol–water partition coefficient (Wildman–Crippen LogP) is 5.35. The molecule has 0 aliphatic carbocycles. The van der Waals surface area contributed by atoms with Crippen LogP contribution in [0.5, 0.6) is 0 Å². The Morgan fingerprint density at radius 1 is 0.905 bits per heavy atom. The Balaban J connectivity index is 1.29. The lowest BCUT2D eigenvalue weighted by molar-refractivity contribution is -0.133. The maximum atomic E-state index is 14.1. The van der Waals surface area contributed by atoms with Crippen LogP contribution < -0.4 is 10.6 Å². The monoisotopic (exact) mass is 584 g/mol. The van der Waals surface area contributed by atoms with Crippen molar-refractivity contribution in [1.82, 2.24) is 20.4 Å². The first-order valence-electron chi connectivity index (χ1n) is 15.1. The number of nitrogens with zero attached hydrogens (tertiary/aromatic N) is 2. The zero-order valence-corrected chi connectivity index (χ0v) is 24.9. The number of carbonyl (C=O) groups is 2. The van der Waals surface area contributed by atoms with Crippen molar-refractivity contribution in [3.63, 3.8) is 0 Å². The molecule has 0 bridgehead atoms. The fourth-order valence-corrected chi connectivity index (χ4v) is 6.10. The van der Waals surface area contributed by atoms with Crippen LogP contribution in [0.15, 0.2) is 91.0 Å². The predicted molar refractivity (Wildman–Crippen MR) is 170 cm³/mol. The Kier molecular flexibility index (Phi) is 10.8. The summed E-state index contributed by atoms with van der Waals surface area (Å²) in [4.78, 5) is 31.2. The van der Waals surface area contributed by atoms with E-state index >= 15 is 0 Å². The van der Waals surface area contributed by atoms with Crippen molar-refractivity contribution in [1.29, 1.82) is 0 Å². The molecule has 2 unspecified atom stereocenters. The molecule has 0 spiro atoms. The molecular formula is C35H41ClN4O2. The highest BCUT2D eigenvalue weighted by Crippen LogP contribution is 2.27. The lowest BCUT2D eigenvalue weighted by Gasteiger charge is -2.33. The number of halogens is 1. The van der Waals surface area contributed by atoms with Gasteiger partial charge in [-0.3, -0.25) is 9.59 Å². The lowest BCUT2D eigenvalue weighted by Crippen LogP contribution is -2.54. The molecule has 42 heavy (non-hydrogen) atoms. The molecule has 0 saturated carbocycles. The van der Waals surface area contributed by atoms with Gasteiger partial charge in [-0.05, 0) is 67.3 Å². The van der Waals surface area contributed by atoms with Crippen molar-refractivity contribution in [3.05, 3.63) is 113 Å². The van der Waals surface area contributed by atoms with E-state index in [0.717, 1.165) is 25.1 Å². The maximum absolute atomic E-state index is 14.1. The highest BCUT2D eigenvalue weighted by molar-refractivity contribution is 6.30. The van der Waals surface area contributed by atoms with Gasteiger partial charge in [0.2, 0.25) is 11.8 Å². The molecule has 2 saturated heterocycles. The summed E-state index contributed by atoms with van der Waals surface area (Å²) in [6.45, 7) is 4.46. The molecule has 3 aromatic rings. The molecule has 0 aromatic heterocycles. The molecule has 2 atom stereocenters. The van der Waals surface area contributed by atoms with Gasteiger partial charge >= 0.3 is 0 Å². The fraction of sp³-hybridized carbons (Fsp3) is 0.371. The molecule has 0 radical (unpaired) electrons. The minimum absolute atomic E-state index is 0.00600. The van der Waals surface area contributed by atoms with Gasteiger partial charge in [-0.15, -0.1) is 0 Å². The summed E-state index contributed by atoms with van der Waals surface area (Å²) < 4.78 is 0. The van der Waals surface area contributed by atoms with Crippen molar-refractivity contribution < 1.29 is 9.59 Å². The Labute approximate surface area is 254 Å². The Morgan fingerprint density at radius 2 is 1.55 bits per heavy atom. The normalized spacial score (nSPS) is 20.1. The SMILES string of the molecule is O=C(C=Cc1ccc(Cl)cc1)NCC1CCN(CC(c2ccccc2)c2ccccc2)C(=O)C(CN2CCCCC2)N1. The molecule has 6 nitrogen and oxygen atoms in total. The number of piperidine rings is 1. The summed E-state index contributed by atoms with van der Waals surface area (Å²) in [5, 5.41) is 7.36. The molecule has 2 aliphatic rings. The van der Waals surface area contributed by atoms with Gasteiger partial charge < -0.3 is 20.4 Å². The number of rotatable bonds is 10. The summed E-state index contributed by atoms with van der Waals surface area (Å²) in [5.74, 6) is 0.0788. The van der Waals surface area contributed by atoms with E-state index in [1.165, 1.54) is 30.4 Å². The molecule has 3 aromatic carbocycles. The van der Waals surface area contributed by atoms with Gasteiger partial charge in [0.15, 0.2) is 0 Å². The third kappa shape index (κ3) is 8.54. The van der Waals surface area contributed by atoms with Gasteiger partial charge in [0.1, 0.15) is 0 Å². The molecule has 2 fully saturated rings. The molecule has 220 valence electrons. The summed E-state index contributed by atoms with van der Waals surface area (Å²) >= 11 is 5.97. The zero-order chi connectivity index (χ0) is 29.1. The fourth-order valence-electron chi connectivity index (χ4n) is 5.98. The number of benzene rings is 3. The molecule has 2 N–H and O–H groups in total. The lowest BCUT2D eigenvalue weighted by atomic mass is 9.90. The van der Waals surface area contributed by atoms with Crippen LogP contribution in [0, 0.1) is 0 Å². The average molecular weight is 585 g/mol. The molecule has 7 heteroatoms. The van der Waals surface area contributed by atoms with Crippen LogP contribution in [0.25, 0.3) is 6.08 Å². The topological polar surface area (TPSA) is 64.7 Å². The number of hydrogen-bond acceptors (Lipinski definition) is 4. The smallest absolute Gasteiger partial charge is 0.244 e. The van der Waals surface area contributed by atoms with Gasteiger partial charge in [-0.1, -0.05) is 90.8 Å². The van der Waals surface area contributed by atoms with E-state index < -0.39 is 0 Å². The van der Waals surface area contributed by atoms with Crippen LogP contribution in [0.1, 0.15) is 48.3 Å². The second kappa shape index (κ2) is 15.1. The van der Waals surface area contributed by atoms with E-state index in [0.29, 0.717) is 31.2 Å². The Morgan fingerprint density at radius 3 is 2.19 bits per heavy atom. The number of likely N-dealkylation sites (tertiary alicyclic amines) is 1. The number of nitrogens with one attached hydrogen (secondary N) is 2. The number of carbonyl (C=O) groups excluding carboxylic acids is 2. The highest BCUT2D eigenvalue weighted by Gasteiger charge is 2.34. The average Bonchev–Trinajstić information content (AvgIpc) is 3.17. The Bertz CT molecular complexity index is 1270. The van der Waals surface area contributed by atoms with E-state index in [1.807, 2.05) is 24.3 Å². The van der Waals surface area contributed by atoms with E-state index in [2.05, 4.69) is 69.0 Å². The van der Waals surface area contributed by atoms with E-state index in [4.69, 9.17) is 11.6 Å². The van der Waals surface area contributed by atoms with Crippen LogP contribution >= 0.6 is 11.6 Å². The first-order chi connectivity index (χ1) is 20.5. The van der Waals surface area contributed by atoms with Gasteiger partial charge in [-0.25, -0.2) is 0 Å². The third-order valence-corrected chi connectivity index (χ3v) is 8.56. The van der Waals surface area contributed by atoms with Gasteiger partial charge in [-0.2, -0.15) is 0 Å². The van der Waals surface area contributed by atoms with Gasteiger partial charge in [0, 0.05) is 49.2 Å². The van der Waals surface area contributed by atoms with Crippen LogP contribution in [0.4, 0.5) is 0 Å². The van der Waals surface area contributed by atoms with E-state index in [9.17, 15) is 9.59 Å². The van der Waals surface area contributed by atoms with Gasteiger partial charge in [0.25, 0.3) is 0 Å². The van der Waals surface area contributed by atoms with Crippen LogP contribution in [0.2, 0.25) is 5.02 Å². The van der Waals surface area contributed by atoms with E-state index in [-0.39, 0.29) is 29.8 Å². The summed E-state index contributed by atoms with van der Waals surface area (Å²) in [6.07, 6.45) is 7.70. The zero-order valence-electron chi connectivity index (χ0n) is 24.1. The second-order valence-electron chi connectivity index (χ2n) is 11.4. The number of amides is 2.